The first kappa shape index (κ1) is 15.6. The Morgan fingerprint density at radius 1 is 1.37 bits per heavy atom. The lowest BCUT2D eigenvalue weighted by molar-refractivity contribution is 0.509. The van der Waals surface area contributed by atoms with Gasteiger partial charge in [0.2, 0.25) is 0 Å². The minimum atomic E-state index is -0.0792. The van der Waals surface area contributed by atoms with E-state index in [1.165, 1.54) is 0 Å². The van der Waals surface area contributed by atoms with Crippen LogP contribution in [0.3, 0.4) is 0 Å². The van der Waals surface area contributed by atoms with E-state index in [9.17, 15) is 0 Å². The summed E-state index contributed by atoms with van der Waals surface area (Å²) in [6.07, 6.45) is 1.80. The van der Waals surface area contributed by atoms with E-state index >= 15 is 0 Å². The van der Waals surface area contributed by atoms with Crippen molar-refractivity contribution in [3.05, 3.63) is 47.5 Å². The number of aliphatic imine (C=N–C) groups is 1. The first-order chi connectivity index (χ1) is 9.01. The molecule has 0 heterocycles. The fraction of sp³-hybridized carbons (Fsp3) is 0.400. The van der Waals surface area contributed by atoms with Crippen molar-refractivity contribution in [3.63, 3.8) is 0 Å². The highest BCUT2D eigenvalue weighted by molar-refractivity contribution is 6.31. The van der Waals surface area contributed by atoms with Crippen LogP contribution in [0.5, 0.6) is 0 Å². The molecule has 104 valence electrons. The number of rotatable bonds is 5. The molecule has 3 nitrogen and oxygen atoms in total. The third-order valence-corrected chi connectivity index (χ3v) is 3.27. The van der Waals surface area contributed by atoms with E-state index in [-0.39, 0.29) is 5.41 Å². The van der Waals surface area contributed by atoms with Crippen LogP contribution in [-0.4, -0.2) is 26.1 Å². The Balaban J connectivity index is 2.70. The topological polar surface area (TPSA) is 36.4 Å². The van der Waals surface area contributed by atoms with Gasteiger partial charge in [-0.25, -0.2) is 0 Å². The maximum atomic E-state index is 6.25. The Bertz CT molecular complexity index is 452. The molecule has 1 aromatic rings. The van der Waals surface area contributed by atoms with E-state index in [4.69, 9.17) is 11.6 Å². The molecule has 0 aliphatic rings. The molecule has 0 saturated heterocycles. The van der Waals surface area contributed by atoms with Gasteiger partial charge in [0.25, 0.3) is 0 Å². The van der Waals surface area contributed by atoms with Crippen LogP contribution in [0.2, 0.25) is 5.02 Å². The van der Waals surface area contributed by atoms with Crippen molar-refractivity contribution in [3.8, 4) is 0 Å². The summed E-state index contributed by atoms with van der Waals surface area (Å²) in [6.45, 7) is 9.41. The number of halogens is 1. The molecule has 0 bridgehead atoms. The molecule has 4 heteroatoms. The van der Waals surface area contributed by atoms with E-state index in [2.05, 4.69) is 42.1 Å². The zero-order valence-corrected chi connectivity index (χ0v) is 12.6. The summed E-state index contributed by atoms with van der Waals surface area (Å²) in [4.78, 5) is 4.16. The van der Waals surface area contributed by atoms with Gasteiger partial charge in [0.15, 0.2) is 5.96 Å². The summed E-state index contributed by atoms with van der Waals surface area (Å²) in [6, 6.07) is 7.93. The SMILES string of the molecule is C=CCNC(=NC)NCC(C)(C)c1ccccc1Cl. The summed E-state index contributed by atoms with van der Waals surface area (Å²) in [5.74, 6) is 0.764. The van der Waals surface area contributed by atoms with E-state index < -0.39 is 0 Å². The maximum absolute atomic E-state index is 6.25. The van der Waals surface area contributed by atoms with Crippen LogP contribution in [0.15, 0.2) is 41.9 Å². The summed E-state index contributed by atoms with van der Waals surface area (Å²) >= 11 is 6.25. The Labute approximate surface area is 120 Å². The summed E-state index contributed by atoms with van der Waals surface area (Å²) in [5, 5.41) is 7.24. The van der Waals surface area contributed by atoms with Crippen molar-refractivity contribution in [2.75, 3.05) is 20.1 Å². The minimum absolute atomic E-state index is 0.0792. The predicted molar refractivity (Wildman–Crippen MR) is 84.0 cm³/mol. The fourth-order valence-corrected chi connectivity index (χ4v) is 2.19. The van der Waals surface area contributed by atoms with Crippen LogP contribution in [0.25, 0.3) is 0 Å². The van der Waals surface area contributed by atoms with E-state index in [1.807, 2.05) is 18.2 Å². The largest absolute Gasteiger partial charge is 0.356 e. The highest BCUT2D eigenvalue weighted by Gasteiger charge is 2.23. The Kier molecular flexibility index (Phi) is 5.90. The lowest BCUT2D eigenvalue weighted by Gasteiger charge is -2.27. The molecule has 0 aliphatic heterocycles. The monoisotopic (exact) mass is 279 g/mol. The molecule has 1 rings (SSSR count). The van der Waals surface area contributed by atoms with Crippen molar-refractivity contribution < 1.29 is 0 Å². The molecule has 0 unspecified atom stereocenters. The van der Waals surface area contributed by atoms with E-state index in [0.717, 1.165) is 23.1 Å². The van der Waals surface area contributed by atoms with Crippen LogP contribution in [0.4, 0.5) is 0 Å². The molecular formula is C15H22ClN3. The van der Waals surface area contributed by atoms with Gasteiger partial charge in [0.1, 0.15) is 0 Å². The Morgan fingerprint density at radius 3 is 2.63 bits per heavy atom. The third-order valence-electron chi connectivity index (χ3n) is 2.94. The molecule has 0 amide bonds. The highest BCUT2D eigenvalue weighted by Crippen LogP contribution is 2.28. The molecule has 2 N–H and O–H groups in total. The summed E-state index contributed by atoms with van der Waals surface area (Å²) < 4.78 is 0. The van der Waals surface area contributed by atoms with E-state index in [1.54, 1.807) is 13.1 Å². The molecule has 0 aliphatic carbocycles. The van der Waals surface area contributed by atoms with Crippen molar-refractivity contribution in [1.29, 1.82) is 0 Å². The lowest BCUT2D eigenvalue weighted by atomic mass is 9.84. The molecule has 1 aromatic carbocycles. The van der Waals surface area contributed by atoms with Crippen molar-refractivity contribution in [2.24, 2.45) is 4.99 Å². The third kappa shape index (κ3) is 4.60. The number of benzene rings is 1. The summed E-state index contributed by atoms with van der Waals surface area (Å²) in [7, 11) is 1.75. The second-order valence-electron chi connectivity index (χ2n) is 4.96. The second kappa shape index (κ2) is 7.19. The molecule has 0 aromatic heterocycles. The first-order valence-corrected chi connectivity index (χ1v) is 6.69. The van der Waals surface area contributed by atoms with Crippen molar-refractivity contribution in [2.45, 2.75) is 19.3 Å². The van der Waals surface area contributed by atoms with Gasteiger partial charge in [-0.3, -0.25) is 4.99 Å². The molecule has 0 spiro atoms. The van der Waals surface area contributed by atoms with Gasteiger partial charge in [-0.15, -0.1) is 6.58 Å². The number of hydrogen-bond donors (Lipinski definition) is 2. The maximum Gasteiger partial charge on any atom is 0.191 e. The zero-order chi connectivity index (χ0) is 14.3. The average Bonchev–Trinajstić information content (AvgIpc) is 2.39. The normalized spacial score (nSPS) is 12.1. The molecule has 0 fully saturated rings. The number of hydrogen-bond acceptors (Lipinski definition) is 1. The highest BCUT2D eigenvalue weighted by atomic mass is 35.5. The first-order valence-electron chi connectivity index (χ1n) is 6.31. The Morgan fingerprint density at radius 2 is 2.05 bits per heavy atom. The fourth-order valence-electron chi connectivity index (χ4n) is 1.80. The number of nitrogens with zero attached hydrogens (tertiary/aromatic N) is 1. The summed E-state index contributed by atoms with van der Waals surface area (Å²) in [5.41, 5.74) is 1.05. The van der Waals surface area contributed by atoms with Gasteiger partial charge in [-0.1, -0.05) is 49.7 Å². The van der Waals surface area contributed by atoms with Crippen LogP contribution in [0, 0.1) is 0 Å². The van der Waals surface area contributed by atoms with Gasteiger partial charge < -0.3 is 10.6 Å². The van der Waals surface area contributed by atoms with Crippen LogP contribution < -0.4 is 10.6 Å². The number of nitrogens with one attached hydrogen (secondary N) is 2. The second-order valence-corrected chi connectivity index (χ2v) is 5.37. The minimum Gasteiger partial charge on any atom is -0.356 e. The van der Waals surface area contributed by atoms with Crippen molar-refractivity contribution in [1.82, 2.24) is 10.6 Å². The molecule has 0 radical (unpaired) electrons. The van der Waals surface area contributed by atoms with Gasteiger partial charge >= 0.3 is 0 Å². The van der Waals surface area contributed by atoms with Crippen LogP contribution in [-0.2, 0) is 5.41 Å². The van der Waals surface area contributed by atoms with Crippen LogP contribution in [0.1, 0.15) is 19.4 Å². The molecule has 19 heavy (non-hydrogen) atoms. The lowest BCUT2D eigenvalue weighted by Crippen LogP contribution is -2.43. The quantitative estimate of drug-likeness (QED) is 0.494. The average molecular weight is 280 g/mol. The Hall–Kier alpha value is -1.48. The standard InChI is InChI=1S/C15H22ClN3/c1-5-10-18-14(17-4)19-11-15(2,3)12-8-6-7-9-13(12)16/h5-9H,1,10-11H2,2-4H3,(H2,17,18,19). The molecule has 0 atom stereocenters. The van der Waals surface area contributed by atoms with Crippen molar-refractivity contribution >= 4 is 17.6 Å². The zero-order valence-electron chi connectivity index (χ0n) is 11.8. The van der Waals surface area contributed by atoms with Gasteiger partial charge in [-0.05, 0) is 11.6 Å². The predicted octanol–water partition coefficient (Wildman–Crippen LogP) is 2.97. The van der Waals surface area contributed by atoms with Gasteiger partial charge in [0, 0.05) is 30.6 Å². The number of guanidine groups is 1. The van der Waals surface area contributed by atoms with Gasteiger partial charge in [0.05, 0.1) is 0 Å². The smallest absolute Gasteiger partial charge is 0.191 e. The molecule has 0 saturated carbocycles. The van der Waals surface area contributed by atoms with Crippen LogP contribution >= 0.6 is 11.6 Å². The van der Waals surface area contributed by atoms with E-state index in [0.29, 0.717) is 6.54 Å². The van der Waals surface area contributed by atoms with Gasteiger partial charge in [-0.2, -0.15) is 0 Å². The molecular weight excluding hydrogens is 258 g/mol.